The van der Waals surface area contributed by atoms with Crippen molar-refractivity contribution in [2.45, 2.75) is 25.9 Å². The normalized spacial score (nSPS) is 26.7. The van der Waals surface area contributed by atoms with E-state index in [2.05, 4.69) is 0 Å². The number of morpholine rings is 1. The third-order valence-corrected chi connectivity index (χ3v) is 2.63. The minimum atomic E-state index is -0.0525. The summed E-state index contributed by atoms with van der Waals surface area (Å²) in [6.07, 6.45) is 1.52. The van der Waals surface area contributed by atoms with E-state index in [-0.39, 0.29) is 18.0 Å². The van der Waals surface area contributed by atoms with E-state index in [1.54, 1.807) is 12.1 Å². The van der Waals surface area contributed by atoms with Gasteiger partial charge in [-0.05, 0) is 26.0 Å². The molecular weight excluding hydrogens is 194 g/mol. The second-order valence-electron chi connectivity index (χ2n) is 3.93. The van der Waals surface area contributed by atoms with Crippen LogP contribution in [0.4, 0.5) is 0 Å². The molecule has 15 heavy (non-hydrogen) atoms. The minimum Gasteiger partial charge on any atom is -0.459 e. The summed E-state index contributed by atoms with van der Waals surface area (Å²) in [6.45, 7) is 5.15. The van der Waals surface area contributed by atoms with Crippen LogP contribution in [0, 0.1) is 0 Å². The quantitative estimate of drug-likeness (QED) is 0.704. The number of carbonyl (C=O) groups excluding carboxylic acids is 1. The molecular formula is C11H15NO3. The fraction of sp³-hybridized carbons (Fsp3) is 0.545. The van der Waals surface area contributed by atoms with E-state index < -0.39 is 0 Å². The van der Waals surface area contributed by atoms with Crippen LogP contribution in [-0.4, -0.2) is 36.1 Å². The number of rotatable bonds is 1. The highest BCUT2D eigenvalue weighted by Gasteiger charge is 2.31. The van der Waals surface area contributed by atoms with E-state index in [4.69, 9.17) is 9.15 Å². The standard InChI is InChI=1S/C11H15NO3/c1-8-6-14-7-9(2)12(8)11(13)10-4-3-5-15-10/h3-5,8-9H,6-7H2,1-2H3. The number of ether oxygens (including phenoxy) is 1. The van der Waals surface area contributed by atoms with E-state index in [9.17, 15) is 4.79 Å². The molecule has 0 aliphatic carbocycles. The highest BCUT2D eigenvalue weighted by atomic mass is 16.5. The van der Waals surface area contributed by atoms with Crippen LogP contribution in [0.25, 0.3) is 0 Å². The van der Waals surface area contributed by atoms with Crippen molar-refractivity contribution in [1.29, 1.82) is 0 Å². The molecule has 1 saturated heterocycles. The van der Waals surface area contributed by atoms with Gasteiger partial charge in [0.15, 0.2) is 5.76 Å². The molecule has 0 bridgehead atoms. The Morgan fingerprint density at radius 3 is 2.60 bits per heavy atom. The summed E-state index contributed by atoms with van der Waals surface area (Å²) in [5.74, 6) is 0.346. The van der Waals surface area contributed by atoms with Crippen LogP contribution in [0.5, 0.6) is 0 Å². The molecule has 2 unspecified atom stereocenters. The summed E-state index contributed by atoms with van der Waals surface area (Å²) < 4.78 is 10.5. The second-order valence-corrected chi connectivity index (χ2v) is 3.93. The number of amides is 1. The number of nitrogens with zero attached hydrogens (tertiary/aromatic N) is 1. The smallest absolute Gasteiger partial charge is 0.290 e. The molecule has 82 valence electrons. The fourth-order valence-corrected chi connectivity index (χ4v) is 1.93. The molecule has 1 fully saturated rings. The SMILES string of the molecule is CC1COCC(C)N1C(=O)c1ccco1. The Kier molecular flexibility index (Phi) is 2.77. The van der Waals surface area contributed by atoms with Crippen LogP contribution in [0.1, 0.15) is 24.4 Å². The molecule has 0 aromatic carbocycles. The monoisotopic (exact) mass is 209 g/mol. The Morgan fingerprint density at radius 2 is 2.07 bits per heavy atom. The van der Waals surface area contributed by atoms with Gasteiger partial charge in [0.1, 0.15) is 0 Å². The van der Waals surface area contributed by atoms with Crippen molar-refractivity contribution >= 4 is 5.91 Å². The summed E-state index contributed by atoms with van der Waals surface area (Å²) in [6, 6.07) is 3.62. The van der Waals surface area contributed by atoms with Gasteiger partial charge in [0.05, 0.1) is 31.6 Å². The maximum Gasteiger partial charge on any atom is 0.290 e. The van der Waals surface area contributed by atoms with Gasteiger partial charge in [0, 0.05) is 0 Å². The summed E-state index contributed by atoms with van der Waals surface area (Å²) in [4.78, 5) is 13.9. The summed E-state index contributed by atoms with van der Waals surface area (Å²) in [5.41, 5.74) is 0. The van der Waals surface area contributed by atoms with Crippen molar-refractivity contribution in [3.63, 3.8) is 0 Å². The average molecular weight is 209 g/mol. The Balaban J connectivity index is 2.17. The lowest BCUT2D eigenvalue weighted by molar-refractivity contribution is -0.0263. The van der Waals surface area contributed by atoms with E-state index >= 15 is 0 Å². The number of furan rings is 1. The van der Waals surface area contributed by atoms with Crippen LogP contribution in [-0.2, 0) is 4.74 Å². The van der Waals surface area contributed by atoms with Gasteiger partial charge in [-0.1, -0.05) is 0 Å². The van der Waals surface area contributed by atoms with Crippen molar-refractivity contribution in [1.82, 2.24) is 4.90 Å². The molecule has 0 spiro atoms. The van der Waals surface area contributed by atoms with Gasteiger partial charge < -0.3 is 14.1 Å². The first-order valence-electron chi connectivity index (χ1n) is 5.14. The molecule has 1 aliphatic rings. The predicted molar refractivity (Wildman–Crippen MR) is 54.6 cm³/mol. The third-order valence-electron chi connectivity index (χ3n) is 2.63. The van der Waals surface area contributed by atoms with E-state index in [1.807, 2.05) is 18.7 Å². The molecule has 1 aromatic rings. The molecule has 4 nitrogen and oxygen atoms in total. The van der Waals surface area contributed by atoms with Crippen LogP contribution >= 0.6 is 0 Å². The van der Waals surface area contributed by atoms with Crippen molar-refractivity contribution in [3.05, 3.63) is 24.2 Å². The second kappa shape index (κ2) is 4.06. The maximum atomic E-state index is 12.1. The first-order chi connectivity index (χ1) is 7.20. The lowest BCUT2D eigenvalue weighted by atomic mass is 10.1. The molecule has 4 heteroatoms. The Hall–Kier alpha value is -1.29. The molecule has 2 atom stereocenters. The lowest BCUT2D eigenvalue weighted by Crippen LogP contribution is -2.52. The first-order valence-corrected chi connectivity index (χ1v) is 5.14. The van der Waals surface area contributed by atoms with Crippen molar-refractivity contribution < 1.29 is 13.9 Å². The fourth-order valence-electron chi connectivity index (χ4n) is 1.93. The number of carbonyl (C=O) groups is 1. The predicted octanol–water partition coefficient (Wildman–Crippen LogP) is 1.53. The highest BCUT2D eigenvalue weighted by molar-refractivity contribution is 5.91. The molecule has 1 aliphatic heterocycles. The average Bonchev–Trinajstić information content (AvgIpc) is 2.69. The molecule has 1 amide bonds. The zero-order valence-electron chi connectivity index (χ0n) is 8.97. The van der Waals surface area contributed by atoms with E-state index in [1.165, 1.54) is 6.26 Å². The largest absolute Gasteiger partial charge is 0.459 e. The van der Waals surface area contributed by atoms with Crippen LogP contribution in [0.2, 0.25) is 0 Å². The first kappa shape index (κ1) is 10.2. The van der Waals surface area contributed by atoms with Gasteiger partial charge in [-0.2, -0.15) is 0 Å². The summed E-state index contributed by atoms with van der Waals surface area (Å²) in [7, 11) is 0. The summed E-state index contributed by atoms with van der Waals surface area (Å²) in [5, 5.41) is 0. The Labute approximate surface area is 88.8 Å². The number of hydrogen-bond donors (Lipinski definition) is 0. The van der Waals surface area contributed by atoms with Gasteiger partial charge in [-0.3, -0.25) is 4.79 Å². The number of hydrogen-bond acceptors (Lipinski definition) is 3. The van der Waals surface area contributed by atoms with Crippen LogP contribution in [0.15, 0.2) is 22.8 Å². The maximum absolute atomic E-state index is 12.1. The van der Waals surface area contributed by atoms with Crippen molar-refractivity contribution in [2.24, 2.45) is 0 Å². The molecule has 0 radical (unpaired) electrons. The van der Waals surface area contributed by atoms with Gasteiger partial charge in [-0.15, -0.1) is 0 Å². The van der Waals surface area contributed by atoms with Crippen molar-refractivity contribution in [3.8, 4) is 0 Å². The van der Waals surface area contributed by atoms with Gasteiger partial charge >= 0.3 is 0 Å². The van der Waals surface area contributed by atoms with Crippen molar-refractivity contribution in [2.75, 3.05) is 13.2 Å². The Bertz CT molecular complexity index is 324. The summed E-state index contributed by atoms with van der Waals surface area (Å²) >= 11 is 0. The lowest BCUT2D eigenvalue weighted by Gasteiger charge is -2.38. The molecule has 2 rings (SSSR count). The van der Waals surface area contributed by atoms with Crippen LogP contribution < -0.4 is 0 Å². The van der Waals surface area contributed by atoms with E-state index in [0.717, 1.165) is 0 Å². The highest BCUT2D eigenvalue weighted by Crippen LogP contribution is 2.17. The molecule has 1 aromatic heterocycles. The Morgan fingerprint density at radius 1 is 1.40 bits per heavy atom. The zero-order valence-corrected chi connectivity index (χ0v) is 8.97. The van der Waals surface area contributed by atoms with E-state index in [0.29, 0.717) is 19.0 Å². The third kappa shape index (κ3) is 1.90. The van der Waals surface area contributed by atoms with Gasteiger partial charge in [0.25, 0.3) is 5.91 Å². The minimum absolute atomic E-state index is 0.0525. The molecule has 0 saturated carbocycles. The topological polar surface area (TPSA) is 42.7 Å². The van der Waals surface area contributed by atoms with Gasteiger partial charge in [-0.25, -0.2) is 0 Å². The zero-order chi connectivity index (χ0) is 10.8. The van der Waals surface area contributed by atoms with Gasteiger partial charge in [0.2, 0.25) is 0 Å². The molecule has 2 heterocycles. The van der Waals surface area contributed by atoms with Crippen LogP contribution in [0.3, 0.4) is 0 Å². The molecule has 0 N–H and O–H groups in total.